The smallest absolute Gasteiger partial charge is 0.105 e. The molecule has 1 heterocycles. The molecule has 0 aromatic heterocycles. The van der Waals surface area contributed by atoms with Crippen molar-refractivity contribution in [2.24, 2.45) is 0 Å². The fraction of sp³-hybridized carbons (Fsp3) is 0.429. The summed E-state index contributed by atoms with van der Waals surface area (Å²) in [5, 5.41) is 10.2. The van der Waals surface area contributed by atoms with Crippen LogP contribution < -0.4 is 0 Å². The molecule has 0 bridgehead atoms. The lowest BCUT2D eigenvalue weighted by atomic mass is 9.84. The van der Waals surface area contributed by atoms with Crippen LogP contribution in [0.5, 0.6) is 0 Å². The van der Waals surface area contributed by atoms with Crippen molar-refractivity contribution in [1.29, 1.82) is 0 Å². The van der Waals surface area contributed by atoms with Crippen LogP contribution in [0.3, 0.4) is 0 Å². The second kappa shape index (κ2) is 3.64. The molecule has 2 heteroatoms. The van der Waals surface area contributed by atoms with Gasteiger partial charge >= 0.3 is 0 Å². The molecule has 1 nitrogen and oxygen atoms in total. The lowest BCUT2D eigenvalue weighted by molar-refractivity contribution is 0.111. The number of thioether (sulfide) groups is 1. The highest BCUT2D eigenvalue weighted by Gasteiger charge is 2.32. The first-order valence-electron chi connectivity index (χ1n) is 5.50. The van der Waals surface area contributed by atoms with E-state index >= 15 is 0 Å². The highest BCUT2D eigenvalue weighted by Crippen LogP contribution is 2.44. The van der Waals surface area contributed by atoms with Crippen molar-refractivity contribution in [2.45, 2.75) is 36.7 Å². The Bertz CT molecular complexity index is 432. The maximum absolute atomic E-state index is 10.2. The zero-order valence-corrected chi connectivity index (χ0v) is 10.9. The van der Waals surface area contributed by atoms with E-state index in [9.17, 15) is 5.11 Å². The molecule has 0 amide bonds. The molecule has 86 valence electrons. The number of benzene rings is 1. The first-order valence-corrected chi connectivity index (χ1v) is 6.49. The fourth-order valence-electron chi connectivity index (χ4n) is 1.95. The average molecular weight is 234 g/mol. The van der Waals surface area contributed by atoms with Gasteiger partial charge in [0.25, 0.3) is 0 Å². The van der Waals surface area contributed by atoms with Crippen molar-refractivity contribution in [3.63, 3.8) is 0 Å². The second-order valence-electron chi connectivity index (χ2n) is 5.24. The zero-order chi connectivity index (χ0) is 12.0. The van der Waals surface area contributed by atoms with Gasteiger partial charge in [-0.05, 0) is 24.1 Å². The van der Waals surface area contributed by atoms with Gasteiger partial charge in [0.05, 0.1) is 0 Å². The van der Waals surface area contributed by atoms with Gasteiger partial charge < -0.3 is 5.11 Å². The maximum atomic E-state index is 10.2. The van der Waals surface area contributed by atoms with Crippen molar-refractivity contribution in [1.82, 2.24) is 0 Å². The van der Waals surface area contributed by atoms with Gasteiger partial charge in [0.2, 0.25) is 0 Å². The molecule has 0 unspecified atom stereocenters. The van der Waals surface area contributed by atoms with E-state index < -0.39 is 5.60 Å². The van der Waals surface area contributed by atoms with Crippen LogP contribution in [0.4, 0.5) is 0 Å². The molecule has 1 aromatic carbocycles. The summed E-state index contributed by atoms with van der Waals surface area (Å²) in [5.41, 5.74) is 1.54. The van der Waals surface area contributed by atoms with Gasteiger partial charge in [0, 0.05) is 16.1 Å². The van der Waals surface area contributed by atoms with Gasteiger partial charge in [-0.3, -0.25) is 0 Å². The Morgan fingerprint density at radius 1 is 1.50 bits per heavy atom. The van der Waals surface area contributed by atoms with E-state index in [0.29, 0.717) is 0 Å². The van der Waals surface area contributed by atoms with Crippen LogP contribution >= 0.6 is 11.8 Å². The largest absolute Gasteiger partial charge is 0.381 e. The molecule has 1 aliphatic rings. The van der Waals surface area contributed by atoms with Crippen LogP contribution in [-0.2, 0) is 11.0 Å². The number of aliphatic hydroxyl groups is 1. The minimum absolute atomic E-state index is 0.202. The lowest BCUT2D eigenvalue weighted by Crippen LogP contribution is -2.20. The summed E-state index contributed by atoms with van der Waals surface area (Å²) in [6.45, 7) is 9.95. The van der Waals surface area contributed by atoms with E-state index in [2.05, 4.69) is 32.6 Å². The van der Waals surface area contributed by atoms with Gasteiger partial charge in [0.15, 0.2) is 0 Å². The zero-order valence-electron chi connectivity index (χ0n) is 10.1. The Balaban J connectivity index is 2.51. The number of fused-ring (bicyclic) bond motifs is 1. The molecule has 1 N–H and O–H groups in total. The van der Waals surface area contributed by atoms with Gasteiger partial charge in [-0.2, -0.15) is 0 Å². The quantitative estimate of drug-likeness (QED) is 0.791. The van der Waals surface area contributed by atoms with Crippen molar-refractivity contribution in [2.75, 3.05) is 5.75 Å². The third-order valence-electron chi connectivity index (χ3n) is 3.28. The molecule has 0 aliphatic carbocycles. The second-order valence-corrected chi connectivity index (χ2v) is 6.25. The molecule has 1 aliphatic heterocycles. The van der Waals surface area contributed by atoms with Crippen molar-refractivity contribution in [3.8, 4) is 0 Å². The number of hydrogen-bond donors (Lipinski definition) is 1. The molecular formula is C14H18OS. The standard InChI is InChI=1S/C14H18OS/c1-5-14(4,15)10-6-7-12-11(8-10)13(2,3)9-16-12/h5-8,15H,1,9H2,2-4H3/t14-/m1/s1. The van der Waals surface area contributed by atoms with E-state index in [1.54, 1.807) is 13.0 Å². The number of hydrogen-bond acceptors (Lipinski definition) is 2. The molecule has 16 heavy (non-hydrogen) atoms. The Labute approximate surface area is 102 Å². The topological polar surface area (TPSA) is 20.2 Å². The van der Waals surface area contributed by atoms with Crippen LogP contribution in [-0.4, -0.2) is 10.9 Å². The number of rotatable bonds is 2. The van der Waals surface area contributed by atoms with Crippen molar-refractivity contribution < 1.29 is 5.11 Å². The highest BCUT2D eigenvalue weighted by molar-refractivity contribution is 7.99. The predicted molar refractivity (Wildman–Crippen MR) is 70.0 cm³/mol. The van der Waals surface area contributed by atoms with Gasteiger partial charge in [0.1, 0.15) is 5.60 Å². The van der Waals surface area contributed by atoms with E-state index in [-0.39, 0.29) is 5.41 Å². The third kappa shape index (κ3) is 1.80. The molecule has 1 atom stereocenters. The molecular weight excluding hydrogens is 216 g/mol. The SMILES string of the molecule is C=C[C@@](C)(O)c1ccc2c(c1)C(C)(C)CS2. The highest BCUT2D eigenvalue weighted by atomic mass is 32.2. The first kappa shape index (κ1) is 11.7. The lowest BCUT2D eigenvalue weighted by Gasteiger charge is -2.23. The normalized spacial score (nSPS) is 21.2. The first-order chi connectivity index (χ1) is 7.37. The molecule has 0 fully saturated rings. The van der Waals surface area contributed by atoms with E-state index in [1.165, 1.54) is 10.5 Å². The van der Waals surface area contributed by atoms with E-state index in [1.807, 2.05) is 17.8 Å². The maximum Gasteiger partial charge on any atom is 0.105 e. The van der Waals surface area contributed by atoms with Gasteiger partial charge in [-0.25, -0.2) is 0 Å². The van der Waals surface area contributed by atoms with E-state index in [0.717, 1.165) is 11.3 Å². The summed E-state index contributed by atoms with van der Waals surface area (Å²) in [4.78, 5) is 1.34. The Kier molecular flexibility index (Phi) is 2.67. The Morgan fingerprint density at radius 2 is 2.19 bits per heavy atom. The van der Waals surface area contributed by atoms with Crippen molar-refractivity contribution >= 4 is 11.8 Å². The van der Waals surface area contributed by atoms with E-state index in [4.69, 9.17) is 0 Å². The summed E-state index contributed by atoms with van der Waals surface area (Å²) in [6.07, 6.45) is 1.59. The molecule has 2 rings (SSSR count). The summed E-state index contributed by atoms with van der Waals surface area (Å²) >= 11 is 1.89. The van der Waals surface area contributed by atoms with Crippen LogP contribution in [0, 0.1) is 0 Å². The Morgan fingerprint density at radius 3 is 2.81 bits per heavy atom. The fourth-order valence-corrected chi connectivity index (χ4v) is 3.28. The van der Waals surface area contributed by atoms with Gasteiger partial charge in [-0.1, -0.05) is 38.6 Å². The summed E-state index contributed by atoms with van der Waals surface area (Å²) in [6, 6.07) is 6.23. The minimum atomic E-state index is -0.932. The molecule has 0 saturated carbocycles. The monoisotopic (exact) mass is 234 g/mol. The van der Waals surface area contributed by atoms with Crippen LogP contribution in [0.15, 0.2) is 35.7 Å². The summed E-state index contributed by atoms with van der Waals surface area (Å²) in [5.74, 6) is 1.11. The molecule has 0 radical (unpaired) electrons. The summed E-state index contributed by atoms with van der Waals surface area (Å²) < 4.78 is 0. The van der Waals surface area contributed by atoms with Crippen LogP contribution in [0.2, 0.25) is 0 Å². The Hall–Kier alpha value is -0.730. The molecule has 0 spiro atoms. The minimum Gasteiger partial charge on any atom is -0.381 e. The predicted octanol–water partition coefficient (Wildman–Crippen LogP) is 3.46. The summed E-state index contributed by atoms with van der Waals surface area (Å²) in [7, 11) is 0. The molecule has 0 saturated heterocycles. The van der Waals surface area contributed by atoms with Crippen LogP contribution in [0.25, 0.3) is 0 Å². The van der Waals surface area contributed by atoms with Crippen molar-refractivity contribution in [3.05, 3.63) is 42.0 Å². The van der Waals surface area contributed by atoms with Crippen LogP contribution in [0.1, 0.15) is 31.9 Å². The average Bonchev–Trinajstić information content (AvgIpc) is 2.55. The molecule has 1 aromatic rings. The third-order valence-corrected chi connectivity index (χ3v) is 4.81. The van der Waals surface area contributed by atoms with Gasteiger partial charge in [-0.15, -0.1) is 11.8 Å².